The third-order valence-corrected chi connectivity index (χ3v) is 6.99. The Morgan fingerprint density at radius 2 is 1.79 bits per heavy atom. The normalized spacial score (nSPS) is 23.3. The number of sulfonamides is 1. The van der Waals surface area contributed by atoms with Crippen molar-refractivity contribution in [3.8, 4) is 0 Å². The second-order valence-electron chi connectivity index (χ2n) is 8.23. The molecule has 0 saturated carbocycles. The summed E-state index contributed by atoms with van der Waals surface area (Å²) in [6.07, 6.45) is -4.53. The zero-order chi connectivity index (χ0) is 21.1. The van der Waals surface area contributed by atoms with E-state index >= 15 is 0 Å². The lowest BCUT2D eigenvalue weighted by Gasteiger charge is -2.34. The van der Waals surface area contributed by atoms with Crippen LogP contribution in [0.15, 0.2) is 23.1 Å². The number of hydrogen-bond donors (Lipinski definition) is 0. The number of piperazine rings is 1. The maximum absolute atomic E-state index is 13.0. The van der Waals surface area contributed by atoms with Gasteiger partial charge in [0.2, 0.25) is 10.0 Å². The van der Waals surface area contributed by atoms with Crippen LogP contribution in [0.25, 0.3) is 0 Å². The maximum atomic E-state index is 13.0. The minimum absolute atomic E-state index is 0.0431. The predicted octanol–water partition coefficient (Wildman–Crippen LogP) is 3.40. The van der Waals surface area contributed by atoms with E-state index in [-0.39, 0.29) is 29.6 Å². The summed E-state index contributed by atoms with van der Waals surface area (Å²) in [5.74, 6) is 0. The van der Waals surface area contributed by atoms with Crippen molar-refractivity contribution in [2.45, 2.75) is 62.9 Å². The van der Waals surface area contributed by atoms with Crippen molar-refractivity contribution in [1.29, 1.82) is 0 Å². The van der Waals surface area contributed by atoms with Gasteiger partial charge in [-0.3, -0.25) is 0 Å². The summed E-state index contributed by atoms with van der Waals surface area (Å²) in [6, 6.07) is 1.91. The van der Waals surface area contributed by atoms with E-state index < -0.39 is 39.5 Å². The molecule has 1 unspecified atom stereocenters. The Morgan fingerprint density at radius 3 is 2.25 bits per heavy atom. The van der Waals surface area contributed by atoms with E-state index in [0.29, 0.717) is 6.42 Å². The molecule has 1 aromatic carbocycles. The van der Waals surface area contributed by atoms with Crippen LogP contribution in [0.5, 0.6) is 0 Å². The first-order chi connectivity index (χ1) is 12.7. The van der Waals surface area contributed by atoms with Gasteiger partial charge in [0.25, 0.3) is 0 Å². The molecule has 2 aliphatic heterocycles. The predicted molar refractivity (Wildman–Crippen MR) is 95.2 cm³/mol. The summed E-state index contributed by atoms with van der Waals surface area (Å²) in [7, 11) is -3.96. The van der Waals surface area contributed by atoms with Crippen LogP contribution in [0, 0.1) is 6.92 Å². The molecule has 1 aromatic rings. The van der Waals surface area contributed by atoms with Gasteiger partial charge >= 0.3 is 12.3 Å². The Labute approximate surface area is 162 Å². The van der Waals surface area contributed by atoms with Crippen LogP contribution in [0.1, 0.15) is 38.3 Å². The van der Waals surface area contributed by atoms with Gasteiger partial charge in [-0.05, 0) is 57.9 Å². The molecule has 2 fully saturated rings. The molecule has 1 amide bonds. The molecule has 2 heterocycles. The van der Waals surface area contributed by atoms with Crippen molar-refractivity contribution >= 4 is 16.1 Å². The lowest BCUT2D eigenvalue weighted by atomic mass is 10.1. The first-order valence-corrected chi connectivity index (χ1v) is 10.3. The zero-order valence-corrected chi connectivity index (χ0v) is 16.9. The number of carbonyl (C=O) groups is 1. The fourth-order valence-electron chi connectivity index (χ4n) is 3.71. The number of aryl methyl sites for hydroxylation is 1. The highest BCUT2D eigenvalue weighted by Gasteiger charge is 2.51. The summed E-state index contributed by atoms with van der Waals surface area (Å²) in [5.41, 5.74) is -1.49. The molecule has 0 aromatic heterocycles. The molecular weight excluding hydrogens is 397 g/mol. The SMILES string of the molecule is Cc1cc(C(F)(F)F)ccc1S(=O)(=O)N1CC2C[C@@H]1CN2C(=O)OC(C)(C)C. The van der Waals surface area contributed by atoms with Gasteiger partial charge in [0.1, 0.15) is 5.60 Å². The van der Waals surface area contributed by atoms with Crippen LogP contribution in [0.4, 0.5) is 18.0 Å². The number of ether oxygens (including phenoxy) is 1. The molecule has 3 rings (SSSR count). The molecule has 2 aliphatic rings. The molecule has 10 heteroatoms. The molecule has 2 bridgehead atoms. The summed E-state index contributed by atoms with van der Waals surface area (Å²) >= 11 is 0. The second kappa shape index (κ2) is 6.62. The van der Waals surface area contributed by atoms with Crippen molar-refractivity contribution in [2.24, 2.45) is 0 Å². The molecule has 0 radical (unpaired) electrons. The van der Waals surface area contributed by atoms with Gasteiger partial charge in [-0.25, -0.2) is 13.2 Å². The number of hydrogen-bond acceptors (Lipinski definition) is 4. The average molecular weight is 420 g/mol. The maximum Gasteiger partial charge on any atom is 0.416 e. The third kappa shape index (κ3) is 3.84. The Hall–Kier alpha value is -1.81. The largest absolute Gasteiger partial charge is 0.444 e. The van der Waals surface area contributed by atoms with Crippen molar-refractivity contribution in [3.05, 3.63) is 29.3 Å². The first kappa shape index (κ1) is 20.9. The van der Waals surface area contributed by atoms with E-state index in [9.17, 15) is 26.4 Å². The van der Waals surface area contributed by atoms with Crippen molar-refractivity contribution in [3.63, 3.8) is 0 Å². The highest BCUT2D eigenvalue weighted by atomic mass is 32.2. The van der Waals surface area contributed by atoms with Crippen LogP contribution in [0.2, 0.25) is 0 Å². The number of halogens is 3. The Bertz CT molecular complexity index is 893. The topological polar surface area (TPSA) is 66.9 Å². The molecule has 156 valence electrons. The van der Waals surface area contributed by atoms with E-state index in [4.69, 9.17) is 4.74 Å². The number of benzene rings is 1. The van der Waals surface area contributed by atoms with Crippen molar-refractivity contribution < 1.29 is 31.1 Å². The van der Waals surface area contributed by atoms with Crippen molar-refractivity contribution in [1.82, 2.24) is 9.21 Å². The fraction of sp³-hybridized carbons (Fsp3) is 0.611. The first-order valence-electron chi connectivity index (χ1n) is 8.89. The van der Waals surface area contributed by atoms with E-state index in [1.54, 1.807) is 20.8 Å². The molecule has 28 heavy (non-hydrogen) atoms. The summed E-state index contributed by atoms with van der Waals surface area (Å²) < 4.78 is 71.2. The van der Waals surface area contributed by atoms with Crippen LogP contribution in [0.3, 0.4) is 0 Å². The van der Waals surface area contributed by atoms with Crippen LogP contribution < -0.4 is 0 Å². The van der Waals surface area contributed by atoms with Gasteiger partial charge in [0.15, 0.2) is 0 Å². The van der Waals surface area contributed by atoms with Gasteiger partial charge in [-0.1, -0.05) is 0 Å². The van der Waals surface area contributed by atoms with Gasteiger partial charge in [0, 0.05) is 19.1 Å². The quantitative estimate of drug-likeness (QED) is 0.736. The van der Waals surface area contributed by atoms with Crippen LogP contribution in [-0.4, -0.2) is 54.5 Å². The lowest BCUT2D eigenvalue weighted by Crippen LogP contribution is -2.51. The molecule has 2 saturated heterocycles. The average Bonchev–Trinajstić information content (AvgIpc) is 3.12. The lowest BCUT2D eigenvalue weighted by molar-refractivity contribution is -0.137. The Morgan fingerprint density at radius 1 is 1.14 bits per heavy atom. The molecule has 0 spiro atoms. The molecule has 6 nitrogen and oxygen atoms in total. The third-order valence-electron chi connectivity index (χ3n) is 4.91. The van der Waals surface area contributed by atoms with E-state index in [0.717, 1.165) is 18.2 Å². The number of amides is 1. The minimum atomic E-state index is -4.53. The van der Waals surface area contributed by atoms with E-state index in [1.807, 2.05) is 0 Å². The highest BCUT2D eigenvalue weighted by molar-refractivity contribution is 7.89. The smallest absolute Gasteiger partial charge is 0.416 e. The van der Waals surface area contributed by atoms with Gasteiger partial charge in [0.05, 0.1) is 16.5 Å². The number of carbonyl (C=O) groups excluding carboxylic acids is 1. The molecular formula is C18H23F3N2O4S. The fourth-order valence-corrected chi connectivity index (χ4v) is 5.58. The van der Waals surface area contributed by atoms with Gasteiger partial charge in [-0.15, -0.1) is 0 Å². The van der Waals surface area contributed by atoms with E-state index in [1.165, 1.54) is 16.1 Å². The second-order valence-corrected chi connectivity index (χ2v) is 10.1. The monoisotopic (exact) mass is 420 g/mol. The summed E-state index contributed by atoms with van der Waals surface area (Å²) in [5, 5.41) is 0. The number of likely N-dealkylation sites (tertiary alicyclic amines) is 1. The van der Waals surface area contributed by atoms with Crippen LogP contribution >= 0.6 is 0 Å². The molecule has 0 aliphatic carbocycles. The number of fused-ring (bicyclic) bond motifs is 2. The molecule has 0 N–H and O–H groups in total. The Kier molecular flexibility index (Phi) is 4.94. The minimum Gasteiger partial charge on any atom is -0.444 e. The highest BCUT2D eigenvalue weighted by Crippen LogP contribution is 2.37. The summed E-state index contributed by atoms with van der Waals surface area (Å²) in [6.45, 7) is 6.92. The number of nitrogens with zero attached hydrogens (tertiary/aromatic N) is 2. The van der Waals surface area contributed by atoms with Crippen LogP contribution in [-0.2, 0) is 20.9 Å². The number of alkyl halides is 3. The molecule has 2 atom stereocenters. The van der Waals surface area contributed by atoms with E-state index in [2.05, 4.69) is 0 Å². The zero-order valence-electron chi connectivity index (χ0n) is 16.1. The Balaban J connectivity index is 1.79. The van der Waals surface area contributed by atoms with Gasteiger partial charge < -0.3 is 9.64 Å². The standard InChI is InChI=1S/C18H23F3N2O4S/c1-11-7-12(18(19,20)21)5-6-15(11)28(25,26)23-10-13-8-14(23)9-22(13)16(24)27-17(2,3)4/h5-7,13-14H,8-10H2,1-4H3/t13?,14-/m1/s1. The van der Waals surface area contributed by atoms with Crippen molar-refractivity contribution in [2.75, 3.05) is 13.1 Å². The van der Waals surface area contributed by atoms with Gasteiger partial charge in [-0.2, -0.15) is 17.5 Å². The summed E-state index contributed by atoms with van der Waals surface area (Å²) in [4.78, 5) is 13.7. The number of rotatable bonds is 2.